The third kappa shape index (κ3) is 5.28. The lowest BCUT2D eigenvalue weighted by Crippen LogP contribution is -2.14. The first kappa shape index (κ1) is 13.2. The van der Waals surface area contributed by atoms with E-state index in [-0.39, 0.29) is 5.97 Å². The predicted octanol–water partition coefficient (Wildman–Crippen LogP) is 1.55. The van der Waals surface area contributed by atoms with Crippen molar-refractivity contribution in [2.45, 2.75) is 26.4 Å². The summed E-state index contributed by atoms with van der Waals surface area (Å²) in [6, 6.07) is 0. The van der Waals surface area contributed by atoms with Crippen LogP contribution in [0.3, 0.4) is 0 Å². The zero-order valence-electron chi connectivity index (χ0n) is 10.0. The van der Waals surface area contributed by atoms with Crippen LogP contribution in [0.1, 0.15) is 20.3 Å². The van der Waals surface area contributed by atoms with Crippen LogP contribution >= 0.6 is 0 Å². The van der Waals surface area contributed by atoms with Gasteiger partial charge in [0.1, 0.15) is 0 Å². The van der Waals surface area contributed by atoms with Crippen LogP contribution in [0.25, 0.3) is 0 Å². The fourth-order valence-electron chi connectivity index (χ4n) is 1.21. The van der Waals surface area contributed by atoms with Crippen LogP contribution in [0.5, 0.6) is 0 Å². The Morgan fingerprint density at radius 1 is 1.56 bits per heavy atom. The zero-order chi connectivity index (χ0) is 12.0. The third-order valence-electron chi connectivity index (χ3n) is 2.39. The first-order valence-electron chi connectivity index (χ1n) is 5.63. The highest BCUT2D eigenvalue weighted by molar-refractivity contribution is 5.86. The van der Waals surface area contributed by atoms with Crippen molar-refractivity contribution in [1.82, 2.24) is 0 Å². The minimum absolute atomic E-state index is 0.334. The van der Waals surface area contributed by atoms with Crippen molar-refractivity contribution in [1.29, 1.82) is 0 Å². The van der Waals surface area contributed by atoms with Crippen LogP contribution in [0.2, 0.25) is 0 Å². The highest BCUT2D eigenvalue weighted by Crippen LogP contribution is 2.19. The normalized spacial score (nSPS) is 20.2. The number of hydrogen-bond acceptors (Lipinski definition) is 4. The number of carbonyl (C=O) groups is 1. The molecule has 0 aromatic rings. The molecule has 0 N–H and O–H groups in total. The van der Waals surface area contributed by atoms with Crippen molar-refractivity contribution in [3.63, 3.8) is 0 Å². The van der Waals surface area contributed by atoms with Crippen LogP contribution in [0, 0.1) is 5.92 Å². The molecule has 0 spiro atoms. The van der Waals surface area contributed by atoms with Gasteiger partial charge in [-0.15, -0.1) is 0 Å². The molecule has 0 saturated carbocycles. The van der Waals surface area contributed by atoms with E-state index in [9.17, 15) is 4.79 Å². The average Bonchev–Trinajstić information content (AvgIpc) is 3.05. The van der Waals surface area contributed by atoms with Crippen molar-refractivity contribution < 1.29 is 19.0 Å². The number of carbonyl (C=O) groups excluding carboxylic acids is 1. The zero-order valence-corrected chi connectivity index (χ0v) is 10.0. The molecule has 2 atom stereocenters. The van der Waals surface area contributed by atoms with E-state index >= 15 is 0 Å². The summed E-state index contributed by atoms with van der Waals surface area (Å²) in [7, 11) is 0. The van der Waals surface area contributed by atoms with Crippen molar-refractivity contribution in [3.8, 4) is 0 Å². The molecular weight excluding hydrogens is 208 g/mol. The predicted molar refractivity (Wildman–Crippen MR) is 60.1 cm³/mol. The fourth-order valence-corrected chi connectivity index (χ4v) is 1.21. The lowest BCUT2D eigenvalue weighted by molar-refractivity contribution is -0.139. The van der Waals surface area contributed by atoms with Gasteiger partial charge >= 0.3 is 5.97 Å². The second-order valence-electron chi connectivity index (χ2n) is 4.19. The first-order valence-corrected chi connectivity index (χ1v) is 5.63. The second-order valence-corrected chi connectivity index (χ2v) is 4.19. The van der Waals surface area contributed by atoms with E-state index in [1.54, 1.807) is 6.92 Å². The van der Waals surface area contributed by atoms with E-state index < -0.39 is 0 Å². The molecule has 1 saturated heterocycles. The summed E-state index contributed by atoms with van der Waals surface area (Å²) in [5.41, 5.74) is 0.431. The van der Waals surface area contributed by atoms with E-state index in [1.165, 1.54) is 0 Å². The summed E-state index contributed by atoms with van der Waals surface area (Å²) in [6.45, 7) is 9.81. The third-order valence-corrected chi connectivity index (χ3v) is 2.39. The molecule has 1 aliphatic heterocycles. The van der Waals surface area contributed by atoms with Gasteiger partial charge in [-0.25, -0.2) is 4.79 Å². The molecule has 0 aliphatic carbocycles. The molecule has 0 aromatic heterocycles. The summed E-state index contributed by atoms with van der Waals surface area (Å²) in [5, 5.41) is 0. The van der Waals surface area contributed by atoms with Crippen LogP contribution in [-0.2, 0) is 19.0 Å². The molecule has 1 fully saturated rings. The van der Waals surface area contributed by atoms with E-state index in [0.29, 0.717) is 37.4 Å². The molecule has 92 valence electrons. The molecule has 0 bridgehead atoms. The highest BCUT2D eigenvalue weighted by Gasteiger charge is 2.29. The molecule has 0 aromatic carbocycles. The lowest BCUT2D eigenvalue weighted by Gasteiger charge is -2.09. The van der Waals surface area contributed by atoms with Gasteiger partial charge in [0.25, 0.3) is 0 Å². The minimum Gasteiger partial charge on any atom is -0.462 e. The molecule has 1 rings (SSSR count). The molecule has 0 amide bonds. The first-order chi connectivity index (χ1) is 7.61. The SMILES string of the molecule is C=C(C)C(=O)OCCCOCC(C)C1CO1. The van der Waals surface area contributed by atoms with Crippen molar-refractivity contribution in [2.24, 2.45) is 5.92 Å². The maximum atomic E-state index is 11.0. The van der Waals surface area contributed by atoms with E-state index in [2.05, 4.69) is 13.5 Å². The van der Waals surface area contributed by atoms with Gasteiger partial charge in [-0.05, 0) is 6.92 Å². The molecule has 16 heavy (non-hydrogen) atoms. The van der Waals surface area contributed by atoms with Gasteiger partial charge < -0.3 is 14.2 Å². The Hall–Kier alpha value is -0.870. The van der Waals surface area contributed by atoms with Gasteiger partial charge in [0.2, 0.25) is 0 Å². The number of rotatable bonds is 8. The molecule has 4 nitrogen and oxygen atoms in total. The lowest BCUT2D eigenvalue weighted by atomic mass is 10.1. The summed E-state index contributed by atoms with van der Waals surface area (Å²) < 4.78 is 15.5. The molecule has 0 radical (unpaired) electrons. The number of ether oxygens (including phenoxy) is 3. The van der Waals surface area contributed by atoms with Gasteiger partial charge in [0.05, 0.1) is 25.9 Å². The van der Waals surface area contributed by atoms with Gasteiger partial charge in [0, 0.05) is 24.5 Å². The van der Waals surface area contributed by atoms with Crippen molar-refractivity contribution in [2.75, 3.05) is 26.4 Å². The maximum Gasteiger partial charge on any atom is 0.333 e. The molecule has 1 heterocycles. The monoisotopic (exact) mass is 228 g/mol. The summed E-state index contributed by atoms with van der Waals surface area (Å²) >= 11 is 0. The number of epoxide rings is 1. The van der Waals surface area contributed by atoms with Crippen LogP contribution in [0.15, 0.2) is 12.2 Å². The Kier molecular flexibility index (Phi) is 5.49. The van der Waals surface area contributed by atoms with E-state index in [4.69, 9.17) is 14.2 Å². The van der Waals surface area contributed by atoms with Gasteiger partial charge in [-0.3, -0.25) is 0 Å². The van der Waals surface area contributed by atoms with Crippen molar-refractivity contribution in [3.05, 3.63) is 12.2 Å². The largest absolute Gasteiger partial charge is 0.462 e. The number of esters is 1. The second kappa shape index (κ2) is 6.66. The van der Waals surface area contributed by atoms with Gasteiger partial charge in [-0.2, -0.15) is 0 Å². The van der Waals surface area contributed by atoms with Crippen LogP contribution in [-0.4, -0.2) is 38.5 Å². The van der Waals surface area contributed by atoms with Gasteiger partial charge in [0.15, 0.2) is 0 Å². The maximum absolute atomic E-state index is 11.0. The summed E-state index contributed by atoms with van der Waals surface area (Å²) in [6.07, 6.45) is 1.11. The summed E-state index contributed by atoms with van der Waals surface area (Å²) in [4.78, 5) is 11.0. The highest BCUT2D eigenvalue weighted by atomic mass is 16.6. The van der Waals surface area contributed by atoms with Crippen molar-refractivity contribution >= 4 is 5.97 Å². The smallest absolute Gasteiger partial charge is 0.333 e. The van der Waals surface area contributed by atoms with Crippen LogP contribution < -0.4 is 0 Å². The van der Waals surface area contributed by atoms with E-state index in [1.807, 2.05) is 0 Å². The molecular formula is C12H20O4. The molecule has 4 heteroatoms. The summed E-state index contributed by atoms with van der Waals surface area (Å²) in [5.74, 6) is 0.123. The Morgan fingerprint density at radius 2 is 2.25 bits per heavy atom. The Bertz CT molecular complexity index is 245. The Morgan fingerprint density at radius 3 is 2.81 bits per heavy atom. The van der Waals surface area contributed by atoms with Crippen LogP contribution in [0.4, 0.5) is 0 Å². The van der Waals surface area contributed by atoms with E-state index in [0.717, 1.165) is 13.0 Å². The molecule has 1 aliphatic rings. The average molecular weight is 228 g/mol. The number of hydrogen-bond donors (Lipinski definition) is 0. The Labute approximate surface area is 96.6 Å². The Balaban J connectivity index is 1.87. The standard InChI is InChI=1S/C12H20O4/c1-9(2)12(13)15-6-4-5-14-7-10(3)11-8-16-11/h10-11H,1,4-8H2,2-3H3. The molecule has 2 unspecified atom stereocenters. The van der Waals surface area contributed by atoms with Gasteiger partial charge in [-0.1, -0.05) is 13.5 Å². The fraction of sp³-hybridized carbons (Fsp3) is 0.750. The quantitative estimate of drug-likeness (QED) is 0.274. The topological polar surface area (TPSA) is 48.1 Å². The minimum atomic E-state index is -0.334.